The summed E-state index contributed by atoms with van der Waals surface area (Å²) in [4.78, 5) is 2.44. The van der Waals surface area contributed by atoms with E-state index < -0.39 is 28.4 Å². The Hall–Kier alpha value is -6.98. The van der Waals surface area contributed by atoms with Gasteiger partial charge in [-0.05, 0) is 111 Å². The normalized spacial score (nSPS) is 15.4. The predicted molar refractivity (Wildman–Crippen MR) is 220 cm³/mol. The Morgan fingerprint density at radius 3 is 1.71 bits per heavy atom. The smallest absolute Gasteiger partial charge is 0.204 e. The molecule has 1 unspecified atom stereocenters. The van der Waals surface area contributed by atoms with Crippen molar-refractivity contribution < 1.29 is 20.4 Å². The number of allylic oxidation sites excluding steroid dienone is 2. The average molecular weight is 716 g/mol. The highest BCUT2D eigenvalue weighted by Gasteiger charge is 2.52. The van der Waals surface area contributed by atoms with Gasteiger partial charge in [0.25, 0.3) is 0 Å². The number of aryl methyl sites for hydroxylation is 1. The molecule has 3 aliphatic carbocycles. The number of rotatable bonds is 5. The maximum absolute atomic E-state index is 11.0. The van der Waals surface area contributed by atoms with Crippen LogP contribution in [0.15, 0.2) is 164 Å². The van der Waals surface area contributed by atoms with Gasteiger partial charge < -0.3 is 25.3 Å². The zero-order chi connectivity index (χ0) is 37.4. The van der Waals surface area contributed by atoms with Crippen LogP contribution in [0, 0.1) is 6.92 Å². The lowest BCUT2D eigenvalue weighted by atomic mass is 9.70. The van der Waals surface area contributed by atoms with Crippen molar-refractivity contribution in [1.82, 2.24) is 0 Å². The molecule has 0 heterocycles. The summed E-state index contributed by atoms with van der Waals surface area (Å²) in [5.74, 6) is -2.51. The Morgan fingerprint density at radius 2 is 1.05 bits per heavy atom. The van der Waals surface area contributed by atoms with Crippen molar-refractivity contribution in [1.29, 1.82) is 0 Å². The standard InChI is InChI=1S/C50H37NO4/c1-30-15-17-31(18-16-30)32-19-22-35(23-20-32)51(34-9-3-2-4-10-34)36-24-26-40-39-25-21-33(41-29-46(52)48(54)49(55)47(41)53)27-44(39)50(45(40)28-36)42-13-7-5-11-37(42)38-12-6-8-14-43(38)50/h2-9,11-29,34,52-55H,10H2,1H3. The largest absolute Gasteiger partial charge is 0.504 e. The third kappa shape index (κ3) is 4.79. The highest BCUT2D eigenvalue weighted by Crippen LogP contribution is 2.64. The molecular formula is C50H37NO4. The molecule has 10 rings (SSSR count). The van der Waals surface area contributed by atoms with E-state index in [1.165, 1.54) is 45.0 Å². The maximum Gasteiger partial charge on any atom is 0.204 e. The Balaban J connectivity index is 1.20. The van der Waals surface area contributed by atoms with Crippen molar-refractivity contribution >= 4 is 11.4 Å². The van der Waals surface area contributed by atoms with Crippen LogP contribution in [0.4, 0.5) is 11.4 Å². The molecule has 0 aromatic heterocycles. The monoisotopic (exact) mass is 715 g/mol. The lowest BCUT2D eigenvalue weighted by molar-refractivity contribution is 0.347. The van der Waals surface area contributed by atoms with Gasteiger partial charge in [0.1, 0.15) is 0 Å². The van der Waals surface area contributed by atoms with Crippen molar-refractivity contribution in [3.8, 4) is 67.5 Å². The van der Waals surface area contributed by atoms with Crippen molar-refractivity contribution in [3.63, 3.8) is 0 Å². The minimum Gasteiger partial charge on any atom is -0.504 e. The van der Waals surface area contributed by atoms with E-state index in [0.717, 1.165) is 40.0 Å². The Bertz CT molecular complexity index is 2700. The average Bonchev–Trinajstić information content (AvgIpc) is 3.69. The van der Waals surface area contributed by atoms with E-state index in [-0.39, 0.29) is 11.6 Å². The second-order valence-electron chi connectivity index (χ2n) is 14.7. The lowest BCUT2D eigenvalue weighted by Gasteiger charge is -2.35. The molecule has 3 aliphatic rings. The van der Waals surface area contributed by atoms with Gasteiger partial charge in [0.15, 0.2) is 11.5 Å². The zero-order valence-corrected chi connectivity index (χ0v) is 30.1. The SMILES string of the molecule is Cc1ccc(-c2ccc(N(c3ccc4c(c3)C3(c5ccccc5-c5ccccc53)c3cc(-c5cc(O)c(O)c(O)c5O)ccc3-4)C3C=CC=CC3)cc2)cc1. The quantitative estimate of drug-likeness (QED) is 0.105. The van der Waals surface area contributed by atoms with Crippen LogP contribution in [0.2, 0.25) is 0 Å². The fourth-order valence-corrected chi connectivity index (χ4v) is 9.15. The number of aromatic hydroxyl groups is 4. The summed E-state index contributed by atoms with van der Waals surface area (Å²) in [7, 11) is 0. The number of benzene rings is 7. The van der Waals surface area contributed by atoms with E-state index in [4.69, 9.17) is 0 Å². The molecule has 0 radical (unpaired) electrons. The topological polar surface area (TPSA) is 84.2 Å². The number of nitrogens with zero attached hydrogens (tertiary/aromatic N) is 1. The first-order valence-corrected chi connectivity index (χ1v) is 18.6. The van der Waals surface area contributed by atoms with Crippen LogP contribution in [-0.2, 0) is 5.41 Å². The highest BCUT2D eigenvalue weighted by atomic mass is 16.3. The van der Waals surface area contributed by atoms with Crippen molar-refractivity contribution in [2.75, 3.05) is 4.90 Å². The number of fused-ring (bicyclic) bond motifs is 10. The summed E-state index contributed by atoms with van der Waals surface area (Å²) in [6.45, 7) is 2.11. The second-order valence-corrected chi connectivity index (χ2v) is 14.7. The van der Waals surface area contributed by atoms with Gasteiger partial charge in [0, 0.05) is 16.9 Å². The molecule has 7 aromatic carbocycles. The highest BCUT2D eigenvalue weighted by molar-refractivity contribution is 5.97. The van der Waals surface area contributed by atoms with Gasteiger partial charge in [-0.25, -0.2) is 0 Å². The molecular weight excluding hydrogens is 679 g/mol. The van der Waals surface area contributed by atoms with Crippen molar-refractivity contribution in [2.24, 2.45) is 0 Å². The van der Waals surface area contributed by atoms with Gasteiger partial charge in [-0.3, -0.25) is 0 Å². The van der Waals surface area contributed by atoms with Crippen LogP contribution in [0.25, 0.3) is 44.5 Å². The molecule has 7 aromatic rings. The first-order valence-electron chi connectivity index (χ1n) is 18.6. The maximum atomic E-state index is 11.0. The first-order chi connectivity index (χ1) is 26.8. The third-order valence-electron chi connectivity index (χ3n) is 11.7. The molecule has 4 N–H and O–H groups in total. The van der Waals surface area contributed by atoms with Gasteiger partial charge in [0.2, 0.25) is 11.5 Å². The zero-order valence-electron chi connectivity index (χ0n) is 30.1. The van der Waals surface area contributed by atoms with Crippen LogP contribution in [0.3, 0.4) is 0 Å². The van der Waals surface area contributed by atoms with Crippen LogP contribution in [0.5, 0.6) is 23.0 Å². The fraction of sp³-hybridized carbons (Fsp3) is 0.0800. The number of hydrogen-bond acceptors (Lipinski definition) is 5. The molecule has 1 spiro atoms. The number of hydrogen-bond donors (Lipinski definition) is 4. The van der Waals surface area contributed by atoms with Gasteiger partial charge >= 0.3 is 0 Å². The van der Waals surface area contributed by atoms with Crippen molar-refractivity contribution in [3.05, 3.63) is 192 Å². The van der Waals surface area contributed by atoms with E-state index in [9.17, 15) is 20.4 Å². The summed E-state index contributed by atoms with van der Waals surface area (Å²) in [5.41, 5.74) is 14.9. The van der Waals surface area contributed by atoms with E-state index >= 15 is 0 Å². The fourth-order valence-electron chi connectivity index (χ4n) is 9.15. The molecule has 0 aliphatic heterocycles. The van der Waals surface area contributed by atoms with Gasteiger partial charge in [-0.2, -0.15) is 0 Å². The van der Waals surface area contributed by atoms with Gasteiger partial charge in [0.05, 0.1) is 11.5 Å². The van der Waals surface area contributed by atoms with Gasteiger partial charge in [-0.15, -0.1) is 0 Å². The minimum atomic E-state index is -0.756. The van der Waals surface area contributed by atoms with Crippen molar-refractivity contribution in [2.45, 2.75) is 24.8 Å². The van der Waals surface area contributed by atoms with E-state index in [1.54, 1.807) is 0 Å². The molecule has 0 amide bonds. The van der Waals surface area contributed by atoms with Gasteiger partial charge in [-0.1, -0.05) is 133 Å². The third-order valence-corrected chi connectivity index (χ3v) is 11.7. The molecule has 266 valence electrons. The summed E-state index contributed by atoms with van der Waals surface area (Å²) in [6.07, 6.45) is 9.60. The molecule has 5 nitrogen and oxygen atoms in total. The van der Waals surface area contributed by atoms with Crippen LogP contribution in [-0.4, -0.2) is 26.5 Å². The van der Waals surface area contributed by atoms with E-state index in [0.29, 0.717) is 5.56 Å². The summed E-state index contributed by atoms with van der Waals surface area (Å²) in [6, 6.07) is 49.0. The van der Waals surface area contributed by atoms with Crippen LogP contribution < -0.4 is 4.90 Å². The summed E-state index contributed by atoms with van der Waals surface area (Å²) < 4.78 is 0. The van der Waals surface area contributed by atoms with E-state index in [1.807, 2.05) is 6.07 Å². The molecule has 1 atom stereocenters. The summed E-state index contributed by atoms with van der Waals surface area (Å²) in [5, 5.41) is 42.2. The number of phenols is 4. The van der Waals surface area contributed by atoms with Crippen LogP contribution in [0.1, 0.15) is 34.2 Å². The Labute approximate surface area is 319 Å². The molecule has 0 saturated carbocycles. The molecule has 0 bridgehead atoms. The second kappa shape index (κ2) is 12.3. The molecule has 55 heavy (non-hydrogen) atoms. The Morgan fingerprint density at radius 1 is 0.491 bits per heavy atom. The lowest BCUT2D eigenvalue weighted by Crippen LogP contribution is -2.31. The van der Waals surface area contributed by atoms with Crippen LogP contribution >= 0.6 is 0 Å². The Kier molecular flexibility index (Phi) is 7.30. The first kappa shape index (κ1) is 32.7. The molecule has 0 fully saturated rings. The number of anilines is 2. The molecule has 5 heteroatoms. The minimum absolute atomic E-state index is 0.0978. The predicted octanol–water partition coefficient (Wildman–Crippen LogP) is 11.5. The molecule has 0 saturated heterocycles. The summed E-state index contributed by atoms with van der Waals surface area (Å²) >= 11 is 0. The number of phenolic OH excluding ortho intramolecular Hbond substituents is 4. The van der Waals surface area contributed by atoms with E-state index in [2.05, 4.69) is 164 Å².